The Morgan fingerprint density at radius 1 is 0.459 bits per heavy atom. The molecule has 37 heavy (non-hydrogen) atoms. The van der Waals surface area contributed by atoms with Gasteiger partial charge in [-0.2, -0.15) is 5.26 Å². The summed E-state index contributed by atoms with van der Waals surface area (Å²) in [5.74, 6) is 12.5. The van der Waals surface area contributed by atoms with Crippen LogP contribution in [-0.4, -0.2) is 4.98 Å². The maximum atomic E-state index is 8.89. The molecule has 0 amide bonds. The number of nitrogens with zero attached hydrogens (tertiary/aromatic N) is 3. The summed E-state index contributed by atoms with van der Waals surface area (Å²) in [6.07, 6.45) is 1.73. The number of anilines is 3. The molecule has 4 aromatic carbocycles. The molecule has 0 aliphatic heterocycles. The first-order chi connectivity index (χ1) is 18.3. The zero-order valence-corrected chi connectivity index (χ0v) is 20.0. The van der Waals surface area contributed by atoms with Crippen molar-refractivity contribution < 1.29 is 0 Å². The van der Waals surface area contributed by atoms with E-state index in [-0.39, 0.29) is 0 Å². The van der Waals surface area contributed by atoms with Gasteiger partial charge in [0.15, 0.2) is 0 Å². The van der Waals surface area contributed by atoms with E-state index in [1.165, 1.54) is 0 Å². The third kappa shape index (κ3) is 5.93. The van der Waals surface area contributed by atoms with E-state index in [0.29, 0.717) is 11.3 Å². The number of hydrogen-bond acceptors (Lipinski definition) is 3. The molecule has 0 spiro atoms. The van der Waals surface area contributed by atoms with E-state index in [4.69, 9.17) is 5.26 Å². The van der Waals surface area contributed by atoms with Gasteiger partial charge in [-0.25, -0.2) is 4.98 Å². The second-order valence-electron chi connectivity index (χ2n) is 8.17. The molecular formula is C34H21N3. The molecule has 0 unspecified atom stereocenters. The first kappa shape index (κ1) is 23.2. The van der Waals surface area contributed by atoms with E-state index in [0.717, 1.165) is 33.8 Å². The van der Waals surface area contributed by atoms with Crippen molar-refractivity contribution in [3.05, 3.63) is 155 Å². The van der Waals surface area contributed by atoms with Crippen LogP contribution in [0.15, 0.2) is 128 Å². The lowest BCUT2D eigenvalue weighted by Crippen LogP contribution is -2.09. The lowest BCUT2D eigenvalue weighted by atomic mass is 10.1. The molecule has 5 rings (SSSR count). The Kier molecular flexibility index (Phi) is 7.05. The highest BCUT2D eigenvalue weighted by atomic mass is 15.1. The molecule has 0 saturated carbocycles. The topological polar surface area (TPSA) is 39.9 Å². The number of nitriles is 1. The fraction of sp³-hybridized carbons (Fsp3) is 0. The molecule has 0 N–H and O–H groups in total. The van der Waals surface area contributed by atoms with Crippen LogP contribution in [0.3, 0.4) is 0 Å². The number of pyridine rings is 1. The van der Waals surface area contributed by atoms with Crippen LogP contribution in [0, 0.1) is 35.0 Å². The average Bonchev–Trinajstić information content (AvgIpc) is 2.98. The number of aromatic nitrogens is 1. The van der Waals surface area contributed by atoms with Gasteiger partial charge in [0.05, 0.1) is 11.6 Å². The summed E-state index contributed by atoms with van der Waals surface area (Å²) in [5.41, 5.74) is 7.13. The number of rotatable bonds is 3. The van der Waals surface area contributed by atoms with Gasteiger partial charge in [-0.1, -0.05) is 54.2 Å². The van der Waals surface area contributed by atoms with E-state index in [2.05, 4.69) is 76.0 Å². The average molecular weight is 472 g/mol. The van der Waals surface area contributed by atoms with E-state index in [1.54, 1.807) is 18.3 Å². The van der Waals surface area contributed by atoms with Gasteiger partial charge >= 0.3 is 0 Å². The van der Waals surface area contributed by atoms with Crippen LogP contribution in [0.1, 0.15) is 27.9 Å². The van der Waals surface area contributed by atoms with Crippen LogP contribution < -0.4 is 4.90 Å². The van der Waals surface area contributed by atoms with Gasteiger partial charge in [-0.05, 0) is 90.8 Å². The zero-order chi connectivity index (χ0) is 25.3. The summed E-state index contributed by atoms with van der Waals surface area (Å²) < 4.78 is 0. The van der Waals surface area contributed by atoms with Crippen LogP contribution in [0.25, 0.3) is 0 Å². The molecule has 0 aliphatic carbocycles. The Morgan fingerprint density at radius 2 is 0.919 bits per heavy atom. The molecule has 1 heterocycles. The number of benzene rings is 4. The minimum atomic E-state index is 0.617. The van der Waals surface area contributed by atoms with Gasteiger partial charge in [0.1, 0.15) is 5.69 Å². The zero-order valence-electron chi connectivity index (χ0n) is 20.0. The van der Waals surface area contributed by atoms with Crippen molar-refractivity contribution in [2.45, 2.75) is 0 Å². The molecular weight excluding hydrogens is 450 g/mol. The summed E-state index contributed by atoms with van der Waals surface area (Å²) in [7, 11) is 0. The van der Waals surface area contributed by atoms with Crippen LogP contribution in [0.2, 0.25) is 0 Å². The molecule has 3 nitrogen and oxygen atoms in total. The second-order valence-corrected chi connectivity index (χ2v) is 8.17. The SMILES string of the molecule is N#Cc1ccc(C#Cc2ccc(C#Cc3ccc(N(c4ccccc4)c4ccccc4)cc3)cn2)cc1. The molecule has 0 radical (unpaired) electrons. The predicted molar refractivity (Wildman–Crippen MR) is 148 cm³/mol. The minimum absolute atomic E-state index is 0.617. The molecule has 3 heteroatoms. The van der Waals surface area contributed by atoms with Crippen LogP contribution in [0.5, 0.6) is 0 Å². The lowest BCUT2D eigenvalue weighted by molar-refractivity contribution is 1.27. The summed E-state index contributed by atoms with van der Waals surface area (Å²) in [4.78, 5) is 6.63. The summed E-state index contributed by atoms with van der Waals surface area (Å²) in [6, 6.07) is 41.9. The molecule has 0 bridgehead atoms. The number of para-hydroxylation sites is 2. The van der Waals surface area contributed by atoms with Gasteiger partial charge < -0.3 is 4.90 Å². The Bertz CT molecular complexity index is 1600. The van der Waals surface area contributed by atoms with Crippen molar-refractivity contribution in [3.63, 3.8) is 0 Å². The summed E-state index contributed by atoms with van der Waals surface area (Å²) in [6.45, 7) is 0. The maximum absolute atomic E-state index is 8.89. The van der Waals surface area contributed by atoms with Crippen molar-refractivity contribution in [3.8, 4) is 29.8 Å². The van der Waals surface area contributed by atoms with Gasteiger partial charge in [0.2, 0.25) is 0 Å². The molecule has 5 aromatic rings. The van der Waals surface area contributed by atoms with Crippen molar-refractivity contribution in [1.29, 1.82) is 5.26 Å². The minimum Gasteiger partial charge on any atom is -0.311 e. The van der Waals surface area contributed by atoms with Crippen LogP contribution >= 0.6 is 0 Å². The molecule has 0 fully saturated rings. The largest absolute Gasteiger partial charge is 0.311 e. The van der Waals surface area contributed by atoms with E-state index in [1.807, 2.05) is 72.8 Å². The Hall–Kier alpha value is -5.56. The summed E-state index contributed by atoms with van der Waals surface area (Å²) >= 11 is 0. The lowest BCUT2D eigenvalue weighted by Gasteiger charge is -2.25. The van der Waals surface area contributed by atoms with Crippen molar-refractivity contribution in [2.24, 2.45) is 0 Å². The van der Waals surface area contributed by atoms with Crippen molar-refractivity contribution >= 4 is 17.1 Å². The third-order valence-electron chi connectivity index (χ3n) is 5.62. The van der Waals surface area contributed by atoms with Crippen molar-refractivity contribution in [2.75, 3.05) is 4.90 Å². The fourth-order valence-electron chi connectivity index (χ4n) is 3.75. The summed E-state index contributed by atoms with van der Waals surface area (Å²) in [5, 5.41) is 8.89. The molecule has 172 valence electrons. The standard InChI is InChI=1S/C34H21N3/c35-25-29-14-11-27(12-15-29)17-21-31-22-18-30(26-36-31)16-13-28-19-23-34(24-20-28)37(32-7-3-1-4-8-32)33-9-5-2-6-10-33/h1-12,14-15,18-20,22-24,26H. The Labute approximate surface area is 217 Å². The molecule has 0 aliphatic rings. The van der Waals surface area contributed by atoms with Gasteiger partial charge in [-0.3, -0.25) is 0 Å². The second kappa shape index (κ2) is 11.2. The van der Waals surface area contributed by atoms with Crippen LogP contribution in [-0.2, 0) is 0 Å². The highest BCUT2D eigenvalue weighted by Gasteiger charge is 2.11. The maximum Gasteiger partial charge on any atom is 0.113 e. The van der Waals surface area contributed by atoms with E-state index in [9.17, 15) is 0 Å². The Balaban J connectivity index is 1.31. The first-order valence-corrected chi connectivity index (χ1v) is 11.8. The van der Waals surface area contributed by atoms with Gasteiger partial charge in [-0.15, -0.1) is 0 Å². The first-order valence-electron chi connectivity index (χ1n) is 11.8. The van der Waals surface area contributed by atoms with Crippen molar-refractivity contribution in [1.82, 2.24) is 4.98 Å². The Morgan fingerprint density at radius 3 is 1.46 bits per heavy atom. The highest BCUT2D eigenvalue weighted by molar-refractivity contribution is 5.76. The van der Waals surface area contributed by atoms with Crippen LogP contribution in [0.4, 0.5) is 17.1 Å². The van der Waals surface area contributed by atoms with E-state index < -0.39 is 0 Å². The predicted octanol–water partition coefficient (Wildman–Crippen LogP) is 7.22. The third-order valence-corrected chi connectivity index (χ3v) is 5.62. The quantitative estimate of drug-likeness (QED) is 0.261. The highest BCUT2D eigenvalue weighted by Crippen LogP contribution is 2.33. The van der Waals surface area contributed by atoms with Gasteiger partial charge in [0, 0.05) is 39.9 Å². The fourth-order valence-corrected chi connectivity index (χ4v) is 3.75. The molecule has 1 aromatic heterocycles. The van der Waals surface area contributed by atoms with Gasteiger partial charge in [0.25, 0.3) is 0 Å². The molecule has 0 atom stereocenters. The smallest absolute Gasteiger partial charge is 0.113 e. The monoisotopic (exact) mass is 471 g/mol. The number of hydrogen-bond donors (Lipinski definition) is 0. The molecule has 0 saturated heterocycles. The normalized spacial score (nSPS) is 9.70. The van der Waals surface area contributed by atoms with E-state index >= 15 is 0 Å².